The number of aliphatic hydroxyl groups is 1. The van der Waals surface area contributed by atoms with Gasteiger partial charge in [0.2, 0.25) is 0 Å². The maximum atomic E-state index is 10.1. The van der Waals surface area contributed by atoms with Crippen molar-refractivity contribution in [3.8, 4) is 0 Å². The Balaban J connectivity index is 2.05. The Kier molecular flexibility index (Phi) is 3.86. The molecule has 0 amide bonds. The average Bonchev–Trinajstić information content (AvgIpc) is 2.79. The van der Waals surface area contributed by atoms with Gasteiger partial charge in [-0.25, -0.2) is 4.98 Å². The van der Waals surface area contributed by atoms with Crippen molar-refractivity contribution in [2.24, 2.45) is 0 Å². The van der Waals surface area contributed by atoms with Crippen LogP contribution in [0.4, 0.5) is 0 Å². The molecule has 0 fully saturated rings. The van der Waals surface area contributed by atoms with E-state index in [1.807, 2.05) is 30.3 Å². The first-order valence-electron chi connectivity index (χ1n) is 5.72. The van der Waals surface area contributed by atoms with Crippen LogP contribution in [0.2, 0.25) is 0 Å². The van der Waals surface area contributed by atoms with Crippen molar-refractivity contribution >= 4 is 11.5 Å². The third-order valence-corrected chi connectivity index (χ3v) is 3.30. The highest BCUT2D eigenvalue weighted by molar-refractivity contribution is 7.05. The second kappa shape index (κ2) is 5.38. The molecular formula is C13H16N2OS. The Labute approximate surface area is 105 Å². The normalized spacial score (nSPS) is 12.9. The maximum absolute atomic E-state index is 10.1. The highest BCUT2D eigenvalue weighted by Crippen LogP contribution is 2.20. The summed E-state index contributed by atoms with van der Waals surface area (Å²) in [5.74, 6) is 1.21. The first-order valence-corrected chi connectivity index (χ1v) is 6.49. The van der Waals surface area contributed by atoms with Crippen LogP contribution in [0.1, 0.15) is 42.3 Å². The standard InChI is InChI=1S/C13H16N2OS/c1-9(2)13-14-12(17-15-13)8-11(16)10-6-4-3-5-7-10/h3-7,9,11,16H,8H2,1-2H3. The Morgan fingerprint density at radius 1 is 1.24 bits per heavy atom. The predicted molar refractivity (Wildman–Crippen MR) is 69.1 cm³/mol. The molecule has 2 aromatic rings. The molecule has 17 heavy (non-hydrogen) atoms. The molecular weight excluding hydrogens is 232 g/mol. The molecule has 0 aliphatic rings. The van der Waals surface area contributed by atoms with Gasteiger partial charge in [0.15, 0.2) is 0 Å². The molecule has 0 saturated carbocycles. The number of benzene rings is 1. The van der Waals surface area contributed by atoms with E-state index in [1.54, 1.807) is 0 Å². The molecule has 0 aliphatic carbocycles. The lowest BCUT2D eigenvalue weighted by Gasteiger charge is -2.08. The van der Waals surface area contributed by atoms with Crippen LogP contribution >= 0.6 is 11.5 Å². The third kappa shape index (κ3) is 3.11. The number of nitrogens with zero attached hydrogens (tertiary/aromatic N) is 2. The predicted octanol–water partition coefficient (Wildman–Crippen LogP) is 2.94. The lowest BCUT2D eigenvalue weighted by Crippen LogP contribution is -2.01. The lowest BCUT2D eigenvalue weighted by molar-refractivity contribution is 0.178. The van der Waals surface area contributed by atoms with Gasteiger partial charge in [-0.15, -0.1) is 0 Å². The van der Waals surface area contributed by atoms with Crippen LogP contribution in [-0.4, -0.2) is 14.5 Å². The van der Waals surface area contributed by atoms with Crippen LogP contribution in [0.15, 0.2) is 30.3 Å². The molecule has 1 atom stereocenters. The van der Waals surface area contributed by atoms with Gasteiger partial charge >= 0.3 is 0 Å². The molecule has 1 aromatic heterocycles. The molecule has 1 N–H and O–H groups in total. The van der Waals surface area contributed by atoms with Crippen molar-refractivity contribution in [2.75, 3.05) is 0 Å². The minimum Gasteiger partial charge on any atom is -0.388 e. The lowest BCUT2D eigenvalue weighted by atomic mass is 10.1. The summed E-state index contributed by atoms with van der Waals surface area (Å²) in [5, 5.41) is 11.0. The summed E-state index contributed by atoms with van der Waals surface area (Å²) in [6.07, 6.45) is 0.0400. The summed E-state index contributed by atoms with van der Waals surface area (Å²) in [5.41, 5.74) is 0.925. The molecule has 0 radical (unpaired) electrons. The van der Waals surface area contributed by atoms with Gasteiger partial charge in [-0.1, -0.05) is 44.2 Å². The van der Waals surface area contributed by atoms with Crippen molar-refractivity contribution in [1.82, 2.24) is 9.36 Å². The SMILES string of the molecule is CC(C)c1nsc(CC(O)c2ccccc2)n1. The Hall–Kier alpha value is -1.26. The zero-order valence-electron chi connectivity index (χ0n) is 10.00. The molecule has 3 nitrogen and oxygen atoms in total. The van der Waals surface area contributed by atoms with Gasteiger partial charge in [0.1, 0.15) is 10.8 Å². The Bertz CT molecular complexity index is 467. The molecule has 0 spiro atoms. The van der Waals surface area contributed by atoms with Crippen LogP contribution in [0.3, 0.4) is 0 Å². The molecule has 1 aromatic carbocycles. The second-order valence-electron chi connectivity index (χ2n) is 4.33. The summed E-state index contributed by atoms with van der Waals surface area (Å²) in [4.78, 5) is 4.42. The molecule has 0 bridgehead atoms. The number of hydrogen-bond donors (Lipinski definition) is 1. The van der Waals surface area contributed by atoms with Gasteiger partial charge in [-0.05, 0) is 17.1 Å². The minimum absolute atomic E-state index is 0.342. The van der Waals surface area contributed by atoms with Crippen LogP contribution in [0, 0.1) is 0 Å². The van der Waals surface area contributed by atoms with E-state index in [2.05, 4.69) is 23.2 Å². The van der Waals surface area contributed by atoms with Gasteiger partial charge in [-0.2, -0.15) is 4.37 Å². The number of aromatic nitrogens is 2. The average molecular weight is 248 g/mol. The fraction of sp³-hybridized carbons (Fsp3) is 0.385. The van der Waals surface area contributed by atoms with Crippen molar-refractivity contribution < 1.29 is 5.11 Å². The summed E-state index contributed by atoms with van der Waals surface area (Å²) in [6.45, 7) is 4.14. The highest BCUT2D eigenvalue weighted by Gasteiger charge is 2.13. The van der Waals surface area contributed by atoms with Crippen LogP contribution in [0.25, 0.3) is 0 Å². The first-order chi connectivity index (χ1) is 8.16. The topological polar surface area (TPSA) is 46.0 Å². The van der Waals surface area contributed by atoms with Crippen molar-refractivity contribution in [3.63, 3.8) is 0 Å². The van der Waals surface area contributed by atoms with Gasteiger partial charge in [0.25, 0.3) is 0 Å². The van der Waals surface area contributed by atoms with Crippen molar-refractivity contribution in [1.29, 1.82) is 0 Å². The van der Waals surface area contributed by atoms with E-state index in [0.717, 1.165) is 16.4 Å². The fourth-order valence-corrected chi connectivity index (χ4v) is 2.36. The number of rotatable bonds is 4. The van der Waals surface area contributed by atoms with E-state index >= 15 is 0 Å². The van der Waals surface area contributed by atoms with E-state index < -0.39 is 6.10 Å². The fourth-order valence-electron chi connectivity index (χ4n) is 1.54. The van der Waals surface area contributed by atoms with Crippen LogP contribution < -0.4 is 0 Å². The van der Waals surface area contributed by atoms with E-state index in [9.17, 15) is 5.11 Å². The first kappa shape index (κ1) is 12.2. The van der Waals surface area contributed by atoms with E-state index in [-0.39, 0.29) is 0 Å². The molecule has 0 saturated heterocycles. The third-order valence-electron chi connectivity index (χ3n) is 2.55. The largest absolute Gasteiger partial charge is 0.388 e. The molecule has 0 aliphatic heterocycles. The Morgan fingerprint density at radius 2 is 1.94 bits per heavy atom. The minimum atomic E-state index is -0.496. The van der Waals surface area contributed by atoms with Crippen molar-refractivity contribution in [3.05, 3.63) is 46.7 Å². The smallest absolute Gasteiger partial charge is 0.145 e. The van der Waals surface area contributed by atoms with Gasteiger partial charge in [-0.3, -0.25) is 0 Å². The summed E-state index contributed by atoms with van der Waals surface area (Å²) < 4.78 is 4.28. The van der Waals surface area contributed by atoms with Gasteiger partial charge in [0.05, 0.1) is 6.10 Å². The monoisotopic (exact) mass is 248 g/mol. The van der Waals surface area contributed by atoms with E-state index in [0.29, 0.717) is 12.3 Å². The molecule has 4 heteroatoms. The van der Waals surface area contributed by atoms with E-state index in [4.69, 9.17) is 0 Å². The van der Waals surface area contributed by atoms with Crippen LogP contribution in [0.5, 0.6) is 0 Å². The number of hydrogen-bond acceptors (Lipinski definition) is 4. The highest BCUT2D eigenvalue weighted by atomic mass is 32.1. The molecule has 1 heterocycles. The Morgan fingerprint density at radius 3 is 2.53 bits per heavy atom. The van der Waals surface area contributed by atoms with Gasteiger partial charge in [0, 0.05) is 12.3 Å². The van der Waals surface area contributed by atoms with Crippen molar-refractivity contribution in [2.45, 2.75) is 32.3 Å². The van der Waals surface area contributed by atoms with Crippen LogP contribution in [-0.2, 0) is 6.42 Å². The zero-order chi connectivity index (χ0) is 12.3. The second-order valence-corrected chi connectivity index (χ2v) is 5.17. The summed E-state index contributed by atoms with van der Waals surface area (Å²) in [7, 11) is 0. The molecule has 90 valence electrons. The van der Waals surface area contributed by atoms with E-state index in [1.165, 1.54) is 11.5 Å². The zero-order valence-corrected chi connectivity index (χ0v) is 10.8. The molecule has 1 unspecified atom stereocenters. The molecule has 2 rings (SSSR count). The quantitative estimate of drug-likeness (QED) is 0.905. The van der Waals surface area contributed by atoms with Gasteiger partial charge < -0.3 is 5.11 Å². The summed E-state index contributed by atoms with van der Waals surface area (Å²) in [6, 6.07) is 9.65. The maximum Gasteiger partial charge on any atom is 0.145 e. The summed E-state index contributed by atoms with van der Waals surface area (Å²) >= 11 is 1.38. The number of aliphatic hydroxyl groups excluding tert-OH is 1.